The fourth-order valence-electron chi connectivity index (χ4n) is 3.67. The SMILES string of the molecule is C(=Cc1ccccc1)C=C(Oc1ccccc1)c1ccccc1.C[C](C)=[Ti][C]1=CC(C(C)(C)C)=CC1. The Morgan fingerprint density at radius 1 is 0.806 bits per heavy atom. The van der Waals surface area contributed by atoms with Crippen molar-refractivity contribution in [2.24, 2.45) is 5.41 Å². The van der Waals surface area contributed by atoms with E-state index in [0.717, 1.165) is 22.6 Å². The predicted molar refractivity (Wildman–Crippen MR) is 154 cm³/mol. The Hall–Kier alpha value is -3.00. The van der Waals surface area contributed by atoms with Gasteiger partial charge < -0.3 is 4.74 Å². The molecule has 36 heavy (non-hydrogen) atoms. The zero-order chi connectivity index (χ0) is 25.8. The van der Waals surface area contributed by atoms with Gasteiger partial charge in [-0.2, -0.15) is 0 Å². The molecule has 0 unspecified atom stereocenters. The summed E-state index contributed by atoms with van der Waals surface area (Å²) < 4.78 is 9.38. The van der Waals surface area contributed by atoms with Crippen molar-refractivity contribution in [3.8, 4) is 5.75 Å². The van der Waals surface area contributed by atoms with Gasteiger partial charge in [0.2, 0.25) is 0 Å². The Balaban J connectivity index is 0.000000236. The third-order valence-electron chi connectivity index (χ3n) is 5.51. The summed E-state index contributed by atoms with van der Waals surface area (Å²) in [7, 11) is 0. The van der Waals surface area contributed by atoms with Crippen LogP contribution in [-0.2, 0) is 18.7 Å². The molecule has 3 aromatic carbocycles. The molecule has 0 saturated carbocycles. The van der Waals surface area contributed by atoms with Crippen molar-refractivity contribution in [1.29, 1.82) is 0 Å². The summed E-state index contributed by atoms with van der Waals surface area (Å²) in [5.41, 5.74) is 4.09. The minimum atomic E-state index is 0.0803. The van der Waals surface area contributed by atoms with Gasteiger partial charge >= 0.3 is 90.6 Å². The molecule has 0 spiro atoms. The molecule has 1 nitrogen and oxygen atoms in total. The zero-order valence-electron chi connectivity index (χ0n) is 22.2. The van der Waals surface area contributed by atoms with Crippen LogP contribution in [0.3, 0.4) is 0 Å². The van der Waals surface area contributed by atoms with Crippen LogP contribution in [0.2, 0.25) is 0 Å². The number of hydrogen-bond donors (Lipinski definition) is 0. The average Bonchev–Trinajstić information content (AvgIpc) is 3.34. The van der Waals surface area contributed by atoms with Crippen LogP contribution in [0.25, 0.3) is 11.8 Å². The maximum atomic E-state index is 6.05. The first-order valence-corrected chi connectivity index (χ1v) is 14.1. The van der Waals surface area contributed by atoms with Gasteiger partial charge in [-0.05, 0) is 23.8 Å². The molecule has 0 atom stereocenters. The second-order valence-corrected chi connectivity index (χ2v) is 12.9. The molecule has 0 aliphatic heterocycles. The van der Waals surface area contributed by atoms with E-state index in [-0.39, 0.29) is 18.7 Å². The standard InChI is InChI=1S/C22H18O.C9H13.C3H6.Ti/c1-4-11-19(12-5-1)13-10-18-22(20-14-6-2-7-15-20)23-21-16-8-3-9-17-21;1-9(2,3)8-6-4-5-7-8;1-3-2;/h1-18H;6-7H,4H2,1-3H3;1-2H3;. The first-order chi connectivity index (χ1) is 17.3. The van der Waals surface area contributed by atoms with Gasteiger partial charge in [-0.1, -0.05) is 91.0 Å². The van der Waals surface area contributed by atoms with Crippen molar-refractivity contribution in [3.05, 3.63) is 136 Å². The van der Waals surface area contributed by atoms with E-state index >= 15 is 0 Å². The van der Waals surface area contributed by atoms with Crippen molar-refractivity contribution >= 4 is 15.6 Å². The fraction of sp³-hybridized carbons (Fsp3) is 0.206. The monoisotopic (exact) mass is 509 g/mol. The Labute approximate surface area is 226 Å². The molecule has 183 valence electrons. The third kappa shape index (κ3) is 9.57. The van der Waals surface area contributed by atoms with E-state index in [0.29, 0.717) is 5.41 Å². The Bertz CT molecular complexity index is 1230. The summed E-state index contributed by atoms with van der Waals surface area (Å²) in [4.78, 5) is 0. The molecule has 0 heterocycles. The van der Waals surface area contributed by atoms with E-state index in [1.165, 1.54) is 12.0 Å². The van der Waals surface area contributed by atoms with Gasteiger partial charge in [-0.25, -0.2) is 0 Å². The van der Waals surface area contributed by atoms with E-state index in [2.05, 4.69) is 65.0 Å². The molecular formula is C34H37OTi. The van der Waals surface area contributed by atoms with Gasteiger partial charge in [0.25, 0.3) is 0 Å². The molecule has 1 aliphatic rings. The minimum absolute atomic E-state index is 0.0803. The molecule has 2 heteroatoms. The molecule has 0 radical (unpaired) electrons. The summed E-state index contributed by atoms with van der Waals surface area (Å²) in [6, 6.07) is 30.2. The van der Waals surface area contributed by atoms with Crippen LogP contribution < -0.4 is 4.74 Å². The van der Waals surface area contributed by atoms with Gasteiger partial charge in [0.05, 0.1) is 0 Å². The molecule has 4 rings (SSSR count). The molecule has 0 aromatic heterocycles. The van der Waals surface area contributed by atoms with Crippen molar-refractivity contribution in [2.75, 3.05) is 0 Å². The van der Waals surface area contributed by atoms with Gasteiger partial charge in [-0.3, -0.25) is 0 Å². The first kappa shape index (κ1) is 27.6. The van der Waals surface area contributed by atoms with Crippen LogP contribution >= 0.6 is 0 Å². The van der Waals surface area contributed by atoms with E-state index < -0.39 is 0 Å². The zero-order valence-corrected chi connectivity index (χ0v) is 23.7. The first-order valence-electron chi connectivity index (χ1n) is 12.5. The normalized spacial score (nSPS) is 13.3. The van der Waals surface area contributed by atoms with Crippen LogP contribution in [0.5, 0.6) is 5.75 Å². The molecule has 0 amide bonds. The number of allylic oxidation sites excluding steroid dienone is 6. The van der Waals surface area contributed by atoms with Crippen molar-refractivity contribution in [1.82, 2.24) is 0 Å². The number of para-hydroxylation sites is 1. The Morgan fingerprint density at radius 3 is 1.94 bits per heavy atom. The van der Waals surface area contributed by atoms with Crippen molar-refractivity contribution in [2.45, 2.75) is 41.0 Å². The van der Waals surface area contributed by atoms with Crippen LogP contribution in [0.15, 0.2) is 125 Å². The summed E-state index contributed by atoms with van der Waals surface area (Å²) >= 11 is 0.0803. The van der Waals surface area contributed by atoms with E-state index in [9.17, 15) is 0 Å². The molecule has 3 aromatic rings. The number of hydrogen-bond acceptors (Lipinski definition) is 1. The molecule has 0 fully saturated rings. The van der Waals surface area contributed by atoms with Gasteiger partial charge in [-0.15, -0.1) is 0 Å². The van der Waals surface area contributed by atoms with Crippen LogP contribution in [0.4, 0.5) is 0 Å². The summed E-state index contributed by atoms with van der Waals surface area (Å²) in [5, 5.41) is 0. The van der Waals surface area contributed by atoms with Gasteiger partial charge in [0.15, 0.2) is 0 Å². The second kappa shape index (κ2) is 13.9. The molecular weight excluding hydrogens is 472 g/mol. The summed E-state index contributed by atoms with van der Waals surface area (Å²) in [6.07, 6.45) is 12.1. The summed E-state index contributed by atoms with van der Waals surface area (Å²) in [5.74, 6) is 1.65. The number of rotatable bonds is 6. The van der Waals surface area contributed by atoms with Gasteiger partial charge in [0.1, 0.15) is 11.5 Å². The second-order valence-electron chi connectivity index (χ2n) is 9.99. The topological polar surface area (TPSA) is 9.23 Å². The number of ether oxygens (including phenoxy) is 1. The Kier molecular flexibility index (Phi) is 10.7. The quantitative estimate of drug-likeness (QED) is 0.183. The van der Waals surface area contributed by atoms with E-state index in [4.69, 9.17) is 4.74 Å². The Morgan fingerprint density at radius 2 is 1.39 bits per heavy atom. The number of benzene rings is 3. The fourth-order valence-corrected chi connectivity index (χ4v) is 5.35. The van der Waals surface area contributed by atoms with Crippen molar-refractivity contribution < 1.29 is 23.4 Å². The molecule has 0 saturated heterocycles. The molecule has 0 bridgehead atoms. The summed E-state index contributed by atoms with van der Waals surface area (Å²) in [6.45, 7) is 11.4. The van der Waals surface area contributed by atoms with Gasteiger partial charge in [0, 0.05) is 5.56 Å². The van der Waals surface area contributed by atoms with Crippen molar-refractivity contribution in [3.63, 3.8) is 0 Å². The maximum absolute atomic E-state index is 6.05. The van der Waals surface area contributed by atoms with Crippen LogP contribution in [0.1, 0.15) is 52.2 Å². The molecule has 1 aliphatic carbocycles. The molecule has 0 N–H and O–H groups in total. The van der Waals surface area contributed by atoms with E-state index in [1.807, 2.05) is 91.0 Å². The van der Waals surface area contributed by atoms with E-state index in [1.54, 1.807) is 7.69 Å². The van der Waals surface area contributed by atoms with Crippen LogP contribution in [0, 0.1) is 5.41 Å². The van der Waals surface area contributed by atoms with Crippen LogP contribution in [-0.4, -0.2) is 3.81 Å². The third-order valence-corrected chi connectivity index (χ3v) is 7.34. The average molecular weight is 510 g/mol. The predicted octanol–water partition coefficient (Wildman–Crippen LogP) is 9.36.